The van der Waals surface area contributed by atoms with E-state index in [1.165, 1.54) is 32.1 Å². The lowest BCUT2D eigenvalue weighted by Crippen LogP contribution is -2.60. The van der Waals surface area contributed by atoms with E-state index in [-0.39, 0.29) is 19.6 Å². The van der Waals surface area contributed by atoms with Gasteiger partial charge in [0.15, 0.2) is 6.29 Å². The number of aliphatic hydroxyl groups is 3. The highest BCUT2D eigenvalue weighted by atomic mass is 32.3. The van der Waals surface area contributed by atoms with Gasteiger partial charge in [0.05, 0.1) is 19.8 Å². The minimum Gasteiger partial charge on any atom is -0.457 e. The summed E-state index contributed by atoms with van der Waals surface area (Å²) >= 11 is 0. The van der Waals surface area contributed by atoms with Crippen molar-refractivity contribution >= 4 is 16.4 Å². The van der Waals surface area contributed by atoms with Crippen molar-refractivity contribution in [1.29, 1.82) is 0 Å². The molecule has 0 aromatic rings. The summed E-state index contributed by atoms with van der Waals surface area (Å²) in [6, 6.07) is 0. The largest absolute Gasteiger partial charge is 0.457 e. The maximum atomic E-state index is 12.7. The lowest BCUT2D eigenvalue weighted by atomic mass is 9.99. The van der Waals surface area contributed by atoms with Gasteiger partial charge in [0.1, 0.15) is 30.5 Å². The normalized spacial score (nSPS) is 21.3. The highest BCUT2D eigenvalue weighted by molar-refractivity contribution is 7.80. The third-order valence-corrected chi connectivity index (χ3v) is 9.87. The molecule has 1 heterocycles. The summed E-state index contributed by atoms with van der Waals surface area (Å²) in [6.07, 6.45) is 34.4. The molecular weight excluding hydrogens is 753 g/mol. The number of esters is 1. The van der Waals surface area contributed by atoms with Crippen LogP contribution in [0.2, 0.25) is 0 Å². The first-order valence-corrected chi connectivity index (χ1v) is 22.9. The molecule has 1 saturated heterocycles. The standard InChI is InChI=1S/C44H76O12S/c1-3-5-7-9-11-12-13-14-15-16-17-18-19-20-21-22-23-24-25-26-27-28-30-32-34-52-36-38(54-40(46)33-31-29-10-8-6-4-2)37-53-44-42(48)43(56-57(49,50)51)41(47)39(35-45)55-44/h5,7,11-12,14-15,17-18,20-21,38-39,41-45,47-48H,3-4,6,8-10,13,16,19,22-37H2,1-2H3,(H,49,50,51)/b7-5-,12-11-,15-14-,18-17-,21-20-. The number of hydrogen-bond donors (Lipinski definition) is 4. The molecule has 0 spiro atoms. The van der Waals surface area contributed by atoms with Crippen LogP contribution in [0.5, 0.6) is 0 Å². The molecule has 0 radical (unpaired) electrons. The predicted octanol–water partition coefficient (Wildman–Crippen LogP) is 8.57. The second kappa shape index (κ2) is 35.7. The molecule has 6 atom stereocenters. The van der Waals surface area contributed by atoms with Crippen molar-refractivity contribution in [3.8, 4) is 0 Å². The van der Waals surface area contributed by atoms with Crippen molar-refractivity contribution in [3.05, 3.63) is 60.8 Å². The van der Waals surface area contributed by atoms with Gasteiger partial charge in [-0.25, -0.2) is 4.18 Å². The number of rotatable bonds is 36. The molecule has 0 aromatic heterocycles. The molecule has 0 bridgehead atoms. The molecule has 1 rings (SSSR count). The van der Waals surface area contributed by atoms with Crippen LogP contribution in [0.3, 0.4) is 0 Å². The highest BCUT2D eigenvalue weighted by Crippen LogP contribution is 2.26. The van der Waals surface area contributed by atoms with Gasteiger partial charge in [-0.05, 0) is 57.8 Å². The van der Waals surface area contributed by atoms with Gasteiger partial charge >= 0.3 is 16.4 Å². The van der Waals surface area contributed by atoms with E-state index in [1.807, 2.05) is 0 Å². The topological polar surface area (TPSA) is 178 Å². The van der Waals surface area contributed by atoms with E-state index >= 15 is 0 Å². The number of allylic oxidation sites excluding steroid dienone is 10. The fourth-order valence-corrected chi connectivity index (χ4v) is 6.68. The molecule has 1 aliphatic heterocycles. The van der Waals surface area contributed by atoms with Crippen LogP contribution >= 0.6 is 0 Å². The average molecular weight is 829 g/mol. The summed E-state index contributed by atoms with van der Waals surface area (Å²) in [5.41, 5.74) is 0. The summed E-state index contributed by atoms with van der Waals surface area (Å²) in [5.74, 6) is -0.415. The van der Waals surface area contributed by atoms with Gasteiger partial charge in [0.2, 0.25) is 0 Å². The first-order chi connectivity index (χ1) is 27.6. The van der Waals surface area contributed by atoms with E-state index in [4.69, 9.17) is 23.5 Å². The van der Waals surface area contributed by atoms with E-state index < -0.39 is 59.8 Å². The fourth-order valence-electron chi connectivity index (χ4n) is 6.17. The molecule has 6 unspecified atom stereocenters. The molecule has 13 heteroatoms. The molecule has 0 aromatic carbocycles. The van der Waals surface area contributed by atoms with Crippen molar-refractivity contribution in [2.45, 2.75) is 185 Å². The summed E-state index contributed by atoms with van der Waals surface area (Å²) in [5, 5.41) is 30.5. The number of carbonyl (C=O) groups excluding carboxylic acids is 1. The molecule has 0 saturated carbocycles. The molecule has 1 aliphatic rings. The molecule has 12 nitrogen and oxygen atoms in total. The van der Waals surface area contributed by atoms with Crippen LogP contribution in [0.15, 0.2) is 60.8 Å². The summed E-state index contributed by atoms with van der Waals surface area (Å²) in [7, 11) is -5.06. The average Bonchev–Trinajstić information content (AvgIpc) is 3.18. The number of aliphatic hydroxyl groups excluding tert-OH is 3. The summed E-state index contributed by atoms with van der Waals surface area (Å²) < 4.78 is 58.7. The van der Waals surface area contributed by atoms with E-state index in [9.17, 15) is 28.5 Å². The minimum absolute atomic E-state index is 0.0277. The van der Waals surface area contributed by atoms with E-state index in [0.717, 1.165) is 89.9 Å². The second-order valence-corrected chi connectivity index (χ2v) is 15.6. The van der Waals surface area contributed by atoms with Crippen LogP contribution in [0, 0.1) is 0 Å². The molecule has 57 heavy (non-hydrogen) atoms. The molecular formula is C44H76O12S. The van der Waals surface area contributed by atoms with Gasteiger partial charge in [-0.1, -0.05) is 145 Å². The van der Waals surface area contributed by atoms with Gasteiger partial charge in [0, 0.05) is 13.0 Å². The van der Waals surface area contributed by atoms with Crippen LogP contribution < -0.4 is 0 Å². The van der Waals surface area contributed by atoms with Crippen molar-refractivity contribution in [2.75, 3.05) is 26.4 Å². The summed E-state index contributed by atoms with van der Waals surface area (Å²) in [6.45, 7) is 3.76. The first kappa shape index (κ1) is 52.8. The Morgan fingerprint density at radius 2 is 1.21 bits per heavy atom. The Kier molecular flexibility index (Phi) is 33.1. The van der Waals surface area contributed by atoms with E-state index in [2.05, 4.69) is 78.8 Å². The molecule has 0 amide bonds. The lowest BCUT2D eigenvalue weighted by Gasteiger charge is -2.41. The zero-order valence-electron chi connectivity index (χ0n) is 34.9. The van der Waals surface area contributed by atoms with Gasteiger partial charge in [-0.2, -0.15) is 8.42 Å². The molecule has 4 N–H and O–H groups in total. The van der Waals surface area contributed by atoms with Crippen molar-refractivity contribution in [2.24, 2.45) is 0 Å². The SMILES string of the molecule is CC/C=C\C/C=C\C/C=C\C/C=C\C/C=C\CCCCCCCCCCOCC(COC1OC(CO)C(O)C(OS(=O)(=O)O)C1O)OC(=O)CCCCCCCC. The van der Waals surface area contributed by atoms with Gasteiger partial charge in [0.25, 0.3) is 0 Å². The third-order valence-electron chi connectivity index (χ3n) is 9.40. The Labute approximate surface area is 344 Å². The van der Waals surface area contributed by atoms with Crippen molar-refractivity contribution in [3.63, 3.8) is 0 Å². The van der Waals surface area contributed by atoms with Crippen molar-refractivity contribution < 1.29 is 56.2 Å². The summed E-state index contributed by atoms with van der Waals surface area (Å²) in [4.78, 5) is 12.7. The lowest BCUT2D eigenvalue weighted by molar-refractivity contribution is -0.301. The van der Waals surface area contributed by atoms with Crippen LogP contribution in [0.1, 0.15) is 149 Å². The molecule has 0 aliphatic carbocycles. The Hall–Kier alpha value is -2.20. The van der Waals surface area contributed by atoms with Gasteiger partial charge in [-0.15, -0.1) is 0 Å². The highest BCUT2D eigenvalue weighted by Gasteiger charge is 2.48. The maximum Gasteiger partial charge on any atom is 0.397 e. The third kappa shape index (κ3) is 29.6. The molecule has 330 valence electrons. The van der Waals surface area contributed by atoms with E-state index in [0.29, 0.717) is 13.0 Å². The van der Waals surface area contributed by atoms with Crippen molar-refractivity contribution in [1.82, 2.24) is 0 Å². The number of hydrogen-bond acceptors (Lipinski definition) is 11. The number of ether oxygens (including phenoxy) is 4. The second-order valence-electron chi connectivity index (χ2n) is 14.6. The van der Waals surface area contributed by atoms with Gasteiger partial charge in [-0.3, -0.25) is 9.35 Å². The Balaban J connectivity index is 2.31. The number of unbranched alkanes of at least 4 members (excludes halogenated alkanes) is 13. The smallest absolute Gasteiger partial charge is 0.397 e. The first-order valence-electron chi connectivity index (χ1n) is 21.5. The van der Waals surface area contributed by atoms with Crippen LogP contribution in [0.4, 0.5) is 0 Å². The molecule has 1 fully saturated rings. The fraction of sp³-hybridized carbons (Fsp3) is 0.750. The number of carbonyl (C=O) groups is 1. The minimum atomic E-state index is -5.06. The monoisotopic (exact) mass is 829 g/mol. The quantitative estimate of drug-likeness (QED) is 0.0205. The van der Waals surface area contributed by atoms with Crippen LogP contribution in [-0.4, -0.2) is 97.5 Å². The predicted molar refractivity (Wildman–Crippen MR) is 225 cm³/mol. The van der Waals surface area contributed by atoms with Gasteiger partial charge < -0.3 is 34.3 Å². The zero-order chi connectivity index (χ0) is 41.8. The van der Waals surface area contributed by atoms with Crippen LogP contribution in [-0.2, 0) is 38.3 Å². The Morgan fingerprint density at radius 1 is 0.684 bits per heavy atom. The Bertz CT molecular complexity index is 1230. The zero-order valence-corrected chi connectivity index (χ0v) is 35.7. The van der Waals surface area contributed by atoms with E-state index in [1.54, 1.807) is 0 Å². The van der Waals surface area contributed by atoms with Crippen LogP contribution in [0.25, 0.3) is 0 Å². The Morgan fingerprint density at radius 3 is 1.77 bits per heavy atom. The maximum absolute atomic E-state index is 12.7.